The number of benzene rings is 1. The first-order valence-electron chi connectivity index (χ1n) is 4.15. The summed E-state index contributed by atoms with van der Waals surface area (Å²) in [4.78, 5) is 10.8. The zero-order valence-corrected chi connectivity index (χ0v) is 10.1. The van der Waals surface area contributed by atoms with Crippen LogP contribution >= 0.6 is 27.5 Å². The first-order chi connectivity index (χ1) is 6.56. The highest BCUT2D eigenvalue weighted by atomic mass is 79.9. The second kappa shape index (κ2) is 4.80. The van der Waals surface area contributed by atoms with Crippen LogP contribution in [0.1, 0.15) is 22.9 Å². The highest BCUT2D eigenvalue weighted by Crippen LogP contribution is 2.27. The average molecular weight is 277 g/mol. The Hall–Kier alpha value is -0.540. The fourth-order valence-electron chi connectivity index (χ4n) is 1.13. The van der Waals surface area contributed by atoms with E-state index in [-0.39, 0.29) is 10.6 Å². The number of carbonyl (C=O) groups excluding carboxylic acids is 1. The van der Waals surface area contributed by atoms with Gasteiger partial charge in [-0.2, -0.15) is 0 Å². The van der Waals surface area contributed by atoms with Gasteiger partial charge in [0.05, 0.1) is 4.83 Å². The summed E-state index contributed by atoms with van der Waals surface area (Å²) < 4.78 is 0. The number of rotatable bonds is 3. The number of hydrogen-bond donors (Lipinski definition) is 1. The topological polar surface area (TPSA) is 43.1 Å². The van der Waals surface area contributed by atoms with Crippen LogP contribution in [0.4, 0.5) is 5.69 Å². The van der Waals surface area contributed by atoms with Crippen molar-refractivity contribution in [3.8, 4) is 0 Å². The summed E-state index contributed by atoms with van der Waals surface area (Å²) in [6.07, 6.45) is 0. The van der Waals surface area contributed by atoms with E-state index in [1.807, 2.05) is 12.1 Å². The second-order valence-corrected chi connectivity index (χ2v) is 4.25. The normalized spacial score (nSPS) is 12.5. The standard InChI is InChI=1S/C10H11BrClNO/c1-6(14)10(11)7-2-3-9(13)8(4-7)5-12/h2-4,10H,5,13H2,1H3. The van der Waals surface area contributed by atoms with Crippen LogP contribution in [-0.2, 0) is 10.7 Å². The van der Waals surface area contributed by atoms with Crippen molar-refractivity contribution in [3.63, 3.8) is 0 Å². The van der Waals surface area contributed by atoms with Gasteiger partial charge in [-0.15, -0.1) is 11.6 Å². The van der Waals surface area contributed by atoms with Crippen LogP contribution in [0.2, 0.25) is 0 Å². The van der Waals surface area contributed by atoms with E-state index in [0.717, 1.165) is 11.1 Å². The van der Waals surface area contributed by atoms with Crippen LogP contribution in [0.5, 0.6) is 0 Å². The van der Waals surface area contributed by atoms with Crippen molar-refractivity contribution in [2.45, 2.75) is 17.6 Å². The van der Waals surface area contributed by atoms with Gasteiger partial charge >= 0.3 is 0 Å². The van der Waals surface area contributed by atoms with E-state index in [0.29, 0.717) is 11.6 Å². The van der Waals surface area contributed by atoms with Gasteiger partial charge < -0.3 is 5.73 Å². The lowest BCUT2D eigenvalue weighted by atomic mass is 10.1. The Morgan fingerprint density at radius 2 is 2.29 bits per heavy atom. The van der Waals surface area contributed by atoms with Crippen LogP contribution < -0.4 is 5.73 Å². The minimum absolute atomic E-state index is 0.0651. The molecule has 0 radical (unpaired) electrons. The molecule has 76 valence electrons. The van der Waals surface area contributed by atoms with Gasteiger partial charge in [-0.3, -0.25) is 4.79 Å². The minimum atomic E-state index is -0.273. The van der Waals surface area contributed by atoms with Crippen molar-refractivity contribution in [2.75, 3.05) is 5.73 Å². The molecule has 0 spiro atoms. The molecular formula is C10H11BrClNO. The maximum absolute atomic E-state index is 11.1. The molecule has 0 heterocycles. The van der Waals surface area contributed by atoms with E-state index in [1.54, 1.807) is 6.07 Å². The molecule has 0 bridgehead atoms. The molecular weight excluding hydrogens is 265 g/mol. The minimum Gasteiger partial charge on any atom is -0.398 e. The van der Waals surface area contributed by atoms with Crippen LogP contribution in [0.15, 0.2) is 18.2 Å². The lowest BCUT2D eigenvalue weighted by Gasteiger charge is -2.09. The third-order valence-corrected chi connectivity index (χ3v) is 3.42. The van der Waals surface area contributed by atoms with E-state index in [4.69, 9.17) is 17.3 Å². The Balaban J connectivity index is 3.06. The molecule has 0 aliphatic carbocycles. The molecule has 2 N–H and O–H groups in total. The molecule has 4 heteroatoms. The van der Waals surface area contributed by atoms with Crippen LogP contribution in [-0.4, -0.2) is 5.78 Å². The first kappa shape index (κ1) is 11.5. The second-order valence-electron chi connectivity index (χ2n) is 3.07. The van der Waals surface area contributed by atoms with Crippen LogP contribution in [0, 0.1) is 0 Å². The molecule has 1 rings (SSSR count). The van der Waals surface area contributed by atoms with Gasteiger partial charge in [0.15, 0.2) is 0 Å². The van der Waals surface area contributed by atoms with E-state index >= 15 is 0 Å². The summed E-state index contributed by atoms with van der Waals surface area (Å²) in [6.45, 7) is 1.54. The van der Waals surface area contributed by atoms with Crippen LogP contribution in [0.25, 0.3) is 0 Å². The van der Waals surface area contributed by atoms with Gasteiger partial charge in [-0.05, 0) is 24.1 Å². The van der Waals surface area contributed by atoms with Crippen molar-refractivity contribution < 1.29 is 4.79 Å². The summed E-state index contributed by atoms with van der Waals surface area (Å²) in [5.41, 5.74) is 8.10. The van der Waals surface area contributed by atoms with Crippen molar-refractivity contribution >= 4 is 39.0 Å². The number of ketones is 1. The molecule has 2 nitrogen and oxygen atoms in total. The van der Waals surface area contributed by atoms with Crippen molar-refractivity contribution in [1.29, 1.82) is 0 Å². The number of nitrogens with two attached hydrogens (primary N) is 1. The van der Waals surface area contributed by atoms with Gasteiger partial charge in [0.2, 0.25) is 0 Å². The van der Waals surface area contributed by atoms with Gasteiger partial charge in [0, 0.05) is 11.6 Å². The number of alkyl halides is 2. The third kappa shape index (κ3) is 2.49. The van der Waals surface area contributed by atoms with Crippen LogP contribution in [0.3, 0.4) is 0 Å². The zero-order valence-electron chi connectivity index (χ0n) is 7.76. The first-order valence-corrected chi connectivity index (χ1v) is 5.60. The molecule has 0 aliphatic rings. The monoisotopic (exact) mass is 275 g/mol. The highest BCUT2D eigenvalue weighted by molar-refractivity contribution is 9.09. The summed E-state index contributed by atoms with van der Waals surface area (Å²) in [5, 5.41) is 0. The Morgan fingerprint density at radius 3 is 2.79 bits per heavy atom. The number of nitrogen functional groups attached to an aromatic ring is 1. The Morgan fingerprint density at radius 1 is 1.64 bits per heavy atom. The predicted molar refractivity (Wildman–Crippen MR) is 62.8 cm³/mol. The number of anilines is 1. The van der Waals surface area contributed by atoms with Gasteiger partial charge in [-0.1, -0.05) is 28.1 Å². The summed E-state index contributed by atoms with van der Waals surface area (Å²) in [6, 6.07) is 5.44. The molecule has 14 heavy (non-hydrogen) atoms. The molecule has 0 saturated heterocycles. The molecule has 1 atom stereocenters. The number of Topliss-reactive ketones (excluding diaryl/α,β-unsaturated/α-hetero) is 1. The zero-order chi connectivity index (χ0) is 10.7. The molecule has 0 fully saturated rings. The lowest BCUT2D eigenvalue weighted by molar-refractivity contribution is -0.116. The van der Waals surface area contributed by atoms with Crippen molar-refractivity contribution in [2.24, 2.45) is 0 Å². The molecule has 0 aromatic heterocycles. The lowest BCUT2D eigenvalue weighted by Crippen LogP contribution is -2.02. The fraction of sp³-hybridized carbons (Fsp3) is 0.300. The Labute approximate surface area is 96.6 Å². The van der Waals surface area contributed by atoms with E-state index in [1.165, 1.54) is 6.92 Å². The summed E-state index contributed by atoms with van der Waals surface area (Å²) in [5.74, 6) is 0.424. The van der Waals surface area contributed by atoms with Gasteiger partial charge in [0.1, 0.15) is 5.78 Å². The Kier molecular flexibility index (Phi) is 3.96. The maximum atomic E-state index is 11.1. The van der Waals surface area contributed by atoms with E-state index in [2.05, 4.69) is 15.9 Å². The molecule has 0 aliphatic heterocycles. The van der Waals surface area contributed by atoms with Crippen molar-refractivity contribution in [1.82, 2.24) is 0 Å². The Bertz CT molecular complexity index is 354. The maximum Gasteiger partial charge on any atom is 0.147 e. The van der Waals surface area contributed by atoms with E-state index < -0.39 is 0 Å². The average Bonchev–Trinajstić information content (AvgIpc) is 2.17. The van der Waals surface area contributed by atoms with Gasteiger partial charge in [-0.25, -0.2) is 0 Å². The predicted octanol–water partition coefficient (Wildman–Crippen LogP) is 3.03. The quantitative estimate of drug-likeness (QED) is 0.681. The SMILES string of the molecule is CC(=O)C(Br)c1ccc(N)c(CCl)c1. The van der Waals surface area contributed by atoms with Gasteiger partial charge in [0.25, 0.3) is 0 Å². The van der Waals surface area contributed by atoms with E-state index in [9.17, 15) is 4.79 Å². The number of halogens is 2. The highest BCUT2D eigenvalue weighted by Gasteiger charge is 2.13. The molecule has 1 aromatic carbocycles. The van der Waals surface area contributed by atoms with Crippen molar-refractivity contribution in [3.05, 3.63) is 29.3 Å². The summed E-state index contributed by atoms with van der Waals surface area (Å²) >= 11 is 9.01. The third-order valence-electron chi connectivity index (χ3n) is 1.96. The molecule has 0 saturated carbocycles. The fourth-order valence-corrected chi connectivity index (χ4v) is 1.65. The summed E-state index contributed by atoms with van der Waals surface area (Å²) in [7, 11) is 0. The molecule has 1 unspecified atom stereocenters. The number of hydrogen-bond acceptors (Lipinski definition) is 2. The molecule has 1 aromatic rings. The number of carbonyl (C=O) groups is 1. The molecule has 0 amide bonds. The smallest absolute Gasteiger partial charge is 0.147 e. The largest absolute Gasteiger partial charge is 0.398 e.